The van der Waals surface area contributed by atoms with E-state index in [4.69, 9.17) is 0 Å². The Balaban J connectivity index is 2.42. The maximum Gasteiger partial charge on any atom is 0.234 e. The molecule has 0 aliphatic heterocycles. The van der Waals surface area contributed by atoms with Gasteiger partial charge in [0.25, 0.3) is 0 Å². The summed E-state index contributed by atoms with van der Waals surface area (Å²) in [4.78, 5) is 11.5. The molecule has 0 radical (unpaired) electrons. The largest absolute Gasteiger partial charge is 0.353 e. The summed E-state index contributed by atoms with van der Waals surface area (Å²) in [7, 11) is 0. The summed E-state index contributed by atoms with van der Waals surface area (Å²) in [6, 6.07) is 8.69. The Bertz CT molecular complexity index is 362. The van der Waals surface area contributed by atoms with E-state index in [1.54, 1.807) is 0 Å². The van der Waals surface area contributed by atoms with E-state index in [-0.39, 0.29) is 18.0 Å². The number of carbonyl (C=O) groups is 1. The minimum atomic E-state index is 0.0392. The van der Waals surface area contributed by atoms with Crippen LogP contribution >= 0.6 is 22.6 Å². The first-order chi connectivity index (χ1) is 7.99. The van der Waals surface area contributed by atoms with Crippen LogP contribution in [0.15, 0.2) is 24.3 Å². The molecular formula is C13H19IN2O. The van der Waals surface area contributed by atoms with Crippen molar-refractivity contribution in [3.8, 4) is 0 Å². The van der Waals surface area contributed by atoms with Crippen LogP contribution in [0, 0.1) is 3.57 Å². The smallest absolute Gasteiger partial charge is 0.234 e. The van der Waals surface area contributed by atoms with Crippen molar-refractivity contribution in [2.45, 2.75) is 32.9 Å². The minimum Gasteiger partial charge on any atom is -0.353 e. The van der Waals surface area contributed by atoms with Crippen LogP contribution in [0.2, 0.25) is 0 Å². The average molecular weight is 346 g/mol. The lowest BCUT2D eigenvalue weighted by atomic mass is 10.1. The van der Waals surface area contributed by atoms with Gasteiger partial charge in [-0.3, -0.25) is 4.79 Å². The molecule has 2 N–H and O–H groups in total. The van der Waals surface area contributed by atoms with E-state index in [0.29, 0.717) is 6.54 Å². The molecule has 94 valence electrons. The zero-order valence-electron chi connectivity index (χ0n) is 10.5. The highest BCUT2D eigenvalue weighted by atomic mass is 127. The third kappa shape index (κ3) is 5.50. The normalized spacial score (nSPS) is 12.5. The van der Waals surface area contributed by atoms with Crippen molar-refractivity contribution in [3.63, 3.8) is 0 Å². The Morgan fingerprint density at radius 1 is 1.24 bits per heavy atom. The third-order valence-electron chi connectivity index (χ3n) is 2.39. The van der Waals surface area contributed by atoms with Gasteiger partial charge in [-0.1, -0.05) is 12.1 Å². The number of halogens is 1. The van der Waals surface area contributed by atoms with Gasteiger partial charge in [-0.25, -0.2) is 0 Å². The van der Waals surface area contributed by atoms with E-state index in [1.165, 1.54) is 9.13 Å². The van der Waals surface area contributed by atoms with Crippen molar-refractivity contribution in [3.05, 3.63) is 33.4 Å². The van der Waals surface area contributed by atoms with Crippen molar-refractivity contribution in [1.82, 2.24) is 10.6 Å². The molecule has 1 rings (SSSR count). The van der Waals surface area contributed by atoms with Crippen LogP contribution in [0.25, 0.3) is 0 Å². The van der Waals surface area contributed by atoms with E-state index in [9.17, 15) is 4.79 Å². The predicted molar refractivity (Wildman–Crippen MR) is 78.9 cm³/mol. The SMILES string of the molecule is CC(C)NC(=O)CNC(C)c1ccc(I)cc1. The fourth-order valence-electron chi connectivity index (χ4n) is 1.49. The zero-order chi connectivity index (χ0) is 12.8. The lowest BCUT2D eigenvalue weighted by molar-refractivity contribution is -0.120. The maximum absolute atomic E-state index is 11.5. The van der Waals surface area contributed by atoms with Crippen LogP contribution in [0.3, 0.4) is 0 Å². The van der Waals surface area contributed by atoms with Crippen molar-refractivity contribution in [2.24, 2.45) is 0 Å². The Morgan fingerprint density at radius 2 is 1.82 bits per heavy atom. The molecule has 1 aromatic rings. The molecule has 0 saturated heterocycles. The molecule has 1 aromatic carbocycles. The quantitative estimate of drug-likeness (QED) is 0.805. The molecule has 0 aliphatic rings. The van der Waals surface area contributed by atoms with Crippen molar-refractivity contribution in [2.75, 3.05) is 6.54 Å². The van der Waals surface area contributed by atoms with Gasteiger partial charge in [0.15, 0.2) is 0 Å². The van der Waals surface area contributed by atoms with Gasteiger partial charge in [-0.15, -0.1) is 0 Å². The predicted octanol–water partition coefficient (Wildman–Crippen LogP) is 2.47. The fraction of sp³-hybridized carbons (Fsp3) is 0.462. The van der Waals surface area contributed by atoms with Crippen LogP contribution in [0.5, 0.6) is 0 Å². The number of amides is 1. The third-order valence-corrected chi connectivity index (χ3v) is 3.11. The van der Waals surface area contributed by atoms with Gasteiger partial charge in [0.2, 0.25) is 5.91 Å². The van der Waals surface area contributed by atoms with Gasteiger partial charge < -0.3 is 10.6 Å². The van der Waals surface area contributed by atoms with Crippen LogP contribution < -0.4 is 10.6 Å². The van der Waals surface area contributed by atoms with E-state index in [2.05, 4.69) is 64.4 Å². The number of hydrogen-bond donors (Lipinski definition) is 2. The van der Waals surface area contributed by atoms with Gasteiger partial charge in [-0.05, 0) is 61.1 Å². The fourth-order valence-corrected chi connectivity index (χ4v) is 1.85. The van der Waals surface area contributed by atoms with Gasteiger partial charge in [-0.2, -0.15) is 0 Å². The molecule has 3 nitrogen and oxygen atoms in total. The maximum atomic E-state index is 11.5. The molecule has 0 aromatic heterocycles. The summed E-state index contributed by atoms with van der Waals surface area (Å²) in [5.74, 6) is 0.0392. The number of rotatable bonds is 5. The number of carbonyl (C=O) groups excluding carboxylic acids is 1. The molecule has 4 heteroatoms. The Hall–Kier alpha value is -0.620. The topological polar surface area (TPSA) is 41.1 Å². The van der Waals surface area contributed by atoms with Crippen LogP contribution in [-0.4, -0.2) is 18.5 Å². The van der Waals surface area contributed by atoms with Crippen LogP contribution in [0.4, 0.5) is 0 Å². The molecule has 17 heavy (non-hydrogen) atoms. The van der Waals surface area contributed by atoms with Crippen LogP contribution in [0.1, 0.15) is 32.4 Å². The second-order valence-electron chi connectivity index (χ2n) is 4.38. The summed E-state index contributed by atoms with van der Waals surface area (Å²) >= 11 is 2.28. The van der Waals surface area contributed by atoms with E-state index in [1.807, 2.05) is 13.8 Å². The first-order valence-corrected chi connectivity index (χ1v) is 6.85. The summed E-state index contributed by atoms with van der Waals surface area (Å²) < 4.78 is 1.22. The first kappa shape index (κ1) is 14.4. The molecule has 0 spiro atoms. The molecule has 1 atom stereocenters. The summed E-state index contributed by atoms with van der Waals surface area (Å²) in [5.41, 5.74) is 1.20. The summed E-state index contributed by atoms with van der Waals surface area (Å²) in [6.45, 7) is 6.33. The minimum absolute atomic E-state index is 0.0392. The molecule has 0 bridgehead atoms. The van der Waals surface area contributed by atoms with Crippen molar-refractivity contribution < 1.29 is 4.79 Å². The highest BCUT2D eigenvalue weighted by Gasteiger charge is 2.08. The Labute approximate surface area is 117 Å². The molecular weight excluding hydrogens is 327 g/mol. The average Bonchev–Trinajstić information content (AvgIpc) is 2.26. The summed E-state index contributed by atoms with van der Waals surface area (Å²) in [5, 5.41) is 6.07. The molecule has 0 heterocycles. The molecule has 0 fully saturated rings. The monoisotopic (exact) mass is 346 g/mol. The molecule has 0 aliphatic carbocycles. The lowest BCUT2D eigenvalue weighted by Gasteiger charge is -2.15. The Kier molecular flexibility index (Phi) is 5.91. The second kappa shape index (κ2) is 6.96. The second-order valence-corrected chi connectivity index (χ2v) is 5.62. The van der Waals surface area contributed by atoms with Crippen molar-refractivity contribution >= 4 is 28.5 Å². The number of benzene rings is 1. The number of nitrogens with one attached hydrogen (secondary N) is 2. The van der Waals surface area contributed by atoms with E-state index < -0.39 is 0 Å². The van der Waals surface area contributed by atoms with Gasteiger partial charge in [0.1, 0.15) is 0 Å². The summed E-state index contributed by atoms with van der Waals surface area (Å²) in [6.07, 6.45) is 0. The Morgan fingerprint density at radius 3 is 2.35 bits per heavy atom. The van der Waals surface area contributed by atoms with E-state index >= 15 is 0 Å². The highest BCUT2D eigenvalue weighted by Crippen LogP contribution is 2.13. The lowest BCUT2D eigenvalue weighted by Crippen LogP contribution is -2.38. The van der Waals surface area contributed by atoms with Crippen molar-refractivity contribution in [1.29, 1.82) is 0 Å². The van der Waals surface area contributed by atoms with Gasteiger partial charge in [0, 0.05) is 15.7 Å². The molecule has 1 unspecified atom stereocenters. The molecule has 1 amide bonds. The molecule has 0 saturated carbocycles. The van der Waals surface area contributed by atoms with Crippen LogP contribution in [-0.2, 0) is 4.79 Å². The van der Waals surface area contributed by atoms with Gasteiger partial charge >= 0.3 is 0 Å². The number of hydrogen-bond acceptors (Lipinski definition) is 2. The highest BCUT2D eigenvalue weighted by molar-refractivity contribution is 14.1. The van der Waals surface area contributed by atoms with Gasteiger partial charge in [0.05, 0.1) is 6.54 Å². The first-order valence-electron chi connectivity index (χ1n) is 5.77. The zero-order valence-corrected chi connectivity index (χ0v) is 12.6. The standard InChI is InChI=1S/C13H19IN2O/c1-9(2)16-13(17)8-15-10(3)11-4-6-12(14)7-5-11/h4-7,9-10,15H,8H2,1-3H3,(H,16,17). The van der Waals surface area contributed by atoms with E-state index in [0.717, 1.165) is 0 Å².